The van der Waals surface area contributed by atoms with Gasteiger partial charge in [-0.2, -0.15) is 13.2 Å². The first-order chi connectivity index (χ1) is 11.8. The summed E-state index contributed by atoms with van der Waals surface area (Å²) in [5.41, 5.74) is -1.53. The Hall–Kier alpha value is -2.60. The van der Waals surface area contributed by atoms with Gasteiger partial charge >= 0.3 is 6.18 Å². The zero-order valence-electron chi connectivity index (χ0n) is 12.7. The van der Waals surface area contributed by atoms with Crippen molar-refractivity contribution in [2.75, 3.05) is 0 Å². The maximum atomic E-state index is 13.4. The third kappa shape index (κ3) is 3.30. The minimum atomic E-state index is -4.94. The van der Waals surface area contributed by atoms with E-state index in [0.717, 1.165) is 0 Å². The molecule has 0 aliphatic carbocycles. The maximum absolute atomic E-state index is 13.4. The van der Waals surface area contributed by atoms with Gasteiger partial charge in [0.2, 0.25) is 0 Å². The number of benzene rings is 2. The lowest BCUT2D eigenvalue weighted by Gasteiger charge is -2.15. The molecule has 0 radical (unpaired) electrons. The Bertz CT molecular complexity index is 858. The summed E-state index contributed by atoms with van der Waals surface area (Å²) in [6.45, 7) is -0.227. The van der Waals surface area contributed by atoms with E-state index in [-0.39, 0.29) is 12.1 Å². The molecule has 0 bridgehead atoms. The maximum Gasteiger partial charge on any atom is 0.422 e. The van der Waals surface area contributed by atoms with E-state index in [1.165, 1.54) is 24.3 Å². The van der Waals surface area contributed by atoms with Crippen molar-refractivity contribution in [1.29, 1.82) is 0 Å². The zero-order chi connectivity index (χ0) is 18.2. The van der Waals surface area contributed by atoms with E-state index in [1.807, 2.05) is 0 Å². The number of alkyl halides is 3. The number of hydrogen-bond donors (Lipinski definition) is 0. The van der Waals surface area contributed by atoms with Crippen LogP contribution in [0.15, 0.2) is 60.2 Å². The topological polar surface area (TPSA) is 37.4 Å². The molecule has 25 heavy (non-hydrogen) atoms. The lowest BCUT2D eigenvalue weighted by atomic mass is 10.0. The smallest absolute Gasteiger partial charge is 0.270 e. The minimum Gasteiger partial charge on any atom is -0.270 e. The largest absolute Gasteiger partial charge is 0.422 e. The Morgan fingerprint density at radius 2 is 1.48 bits per heavy atom. The van der Waals surface area contributed by atoms with E-state index in [0.29, 0.717) is 15.5 Å². The number of hydrogen-bond acceptors (Lipinski definition) is 2. The molecule has 0 saturated heterocycles. The molecule has 0 fully saturated rings. The van der Waals surface area contributed by atoms with Crippen LogP contribution in [0.1, 0.15) is 11.1 Å². The SMILES string of the molecule is O=C1C(c2ccc(Cl)cc2)=C(C(F)(F)F)C(=O)N1Cc1ccccc1. The molecular weight excluding hydrogens is 355 g/mol. The second kappa shape index (κ2) is 6.37. The van der Waals surface area contributed by atoms with Crippen LogP contribution in [0.3, 0.4) is 0 Å². The molecule has 0 N–H and O–H groups in total. The molecule has 0 aromatic heterocycles. The van der Waals surface area contributed by atoms with Gasteiger partial charge in [0.05, 0.1) is 12.1 Å². The molecule has 2 amide bonds. The second-order valence-electron chi connectivity index (χ2n) is 5.44. The molecule has 128 valence electrons. The number of amides is 2. The molecule has 2 aromatic rings. The van der Waals surface area contributed by atoms with Crippen molar-refractivity contribution in [2.45, 2.75) is 12.7 Å². The molecule has 7 heteroatoms. The van der Waals surface area contributed by atoms with Crippen molar-refractivity contribution < 1.29 is 22.8 Å². The van der Waals surface area contributed by atoms with Gasteiger partial charge in [-0.05, 0) is 23.3 Å². The normalized spacial score (nSPS) is 15.3. The van der Waals surface area contributed by atoms with Crippen molar-refractivity contribution in [3.63, 3.8) is 0 Å². The highest BCUT2D eigenvalue weighted by atomic mass is 35.5. The number of nitrogens with zero attached hydrogens (tertiary/aromatic N) is 1. The Kier molecular flexibility index (Phi) is 4.39. The van der Waals surface area contributed by atoms with Gasteiger partial charge in [-0.25, -0.2) is 0 Å². The quantitative estimate of drug-likeness (QED) is 0.763. The molecule has 1 aliphatic heterocycles. The van der Waals surface area contributed by atoms with E-state index < -0.39 is 29.1 Å². The van der Waals surface area contributed by atoms with Crippen LogP contribution in [-0.4, -0.2) is 22.9 Å². The molecule has 0 atom stereocenters. The van der Waals surface area contributed by atoms with Crippen LogP contribution in [0.5, 0.6) is 0 Å². The van der Waals surface area contributed by atoms with Gasteiger partial charge in [0.25, 0.3) is 11.8 Å². The predicted octanol–water partition coefficient (Wildman–Crippen LogP) is 4.22. The van der Waals surface area contributed by atoms with E-state index >= 15 is 0 Å². The molecule has 3 nitrogen and oxygen atoms in total. The fourth-order valence-corrected chi connectivity index (χ4v) is 2.76. The number of carbonyl (C=O) groups excluding carboxylic acids is 2. The summed E-state index contributed by atoms with van der Waals surface area (Å²) in [4.78, 5) is 25.5. The molecule has 3 rings (SSSR count). The van der Waals surface area contributed by atoms with Gasteiger partial charge in [-0.1, -0.05) is 54.1 Å². The van der Waals surface area contributed by atoms with Crippen LogP contribution in [0, 0.1) is 0 Å². The van der Waals surface area contributed by atoms with Gasteiger partial charge in [0.1, 0.15) is 5.57 Å². The first kappa shape index (κ1) is 17.2. The molecule has 0 spiro atoms. The first-order valence-electron chi connectivity index (χ1n) is 7.26. The fraction of sp³-hybridized carbons (Fsp3) is 0.111. The average Bonchev–Trinajstić information content (AvgIpc) is 2.81. The van der Waals surface area contributed by atoms with Crippen LogP contribution in [-0.2, 0) is 16.1 Å². The Morgan fingerprint density at radius 3 is 2.04 bits per heavy atom. The molecule has 2 aromatic carbocycles. The third-order valence-electron chi connectivity index (χ3n) is 3.77. The van der Waals surface area contributed by atoms with E-state index in [9.17, 15) is 22.8 Å². The predicted molar refractivity (Wildman–Crippen MR) is 86.4 cm³/mol. The van der Waals surface area contributed by atoms with Crippen molar-refractivity contribution >= 4 is 29.0 Å². The summed E-state index contributed by atoms with van der Waals surface area (Å²) < 4.78 is 40.3. The van der Waals surface area contributed by atoms with Crippen LogP contribution < -0.4 is 0 Å². The standard InChI is InChI=1S/C18H11ClF3NO2/c19-13-8-6-12(7-9-13)14-15(18(20,21)22)17(25)23(16(14)24)10-11-4-2-1-3-5-11/h1-9H,10H2. The molecular formula is C18H11ClF3NO2. The van der Waals surface area contributed by atoms with Crippen molar-refractivity contribution in [3.8, 4) is 0 Å². The van der Waals surface area contributed by atoms with Crippen molar-refractivity contribution in [3.05, 3.63) is 76.3 Å². The lowest BCUT2D eigenvalue weighted by molar-refractivity contribution is -0.142. The number of imide groups is 1. The highest BCUT2D eigenvalue weighted by molar-refractivity contribution is 6.36. The lowest BCUT2D eigenvalue weighted by Crippen LogP contribution is -2.33. The average molecular weight is 366 g/mol. The van der Waals surface area contributed by atoms with E-state index in [4.69, 9.17) is 11.6 Å². The van der Waals surface area contributed by atoms with Gasteiger partial charge < -0.3 is 0 Å². The van der Waals surface area contributed by atoms with Crippen LogP contribution in [0.4, 0.5) is 13.2 Å². The highest BCUT2D eigenvalue weighted by Gasteiger charge is 2.51. The summed E-state index contributed by atoms with van der Waals surface area (Å²) >= 11 is 5.75. The monoisotopic (exact) mass is 365 g/mol. The van der Waals surface area contributed by atoms with Crippen LogP contribution >= 0.6 is 11.6 Å². The van der Waals surface area contributed by atoms with Gasteiger partial charge in [0.15, 0.2) is 0 Å². The summed E-state index contributed by atoms with van der Waals surface area (Å²) in [5, 5.41) is 0.316. The third-order valence-corrected chi connectivity index (χ3v) is 4.02. The first-order valence-corrected chi connectivity index (χ1v) is 7.64. The van der Waals surface area contributed by atoms with Gasteiger partial charge in [-0.15, -0.1) is 0 Å². The summed E-state index contributed by atoms with van der Waals surface area (Å²) in [6, 6.07) is 13.7. The molecule has 0 saturated carbocycles. The molecule has 1 aliphatic rings. The summed E-state index contributed by atoms with van der Waals surface area (Å²) in [6.07, 6.45) is -4.94. The Morgan fingerprint density at radius 1 is 0.880 bits per heavy atom. The van der Waals surface area contributed by atoms with Gasteiger partial charge in [-0.3, -0.25) is 14.5 Å². The number of carbonyl (C=O) groups is 2. The number of halogens is 4. The fourth-order valence-electron chi connectivity index (χ4n) is 2.63. The van der Waals surface area contributed by atoms with E-state index in [1.54, 1.807) is 30.3 Å². The van der Waals surface area contributed by atoms with Gasteiger partial charge in [0, 0.05) is 5.02 Å². The highest BCUT2D eigenvalue weighted by Crippen LogP contribution is 2.40. The summed E-state index contributed by atoms with van der Waals surface area (Å²) in [5.74, 6) is -2.31. The number of rotatable bonds is 3. The minimum absolute atomic E-state index is 0.00522. The van der Waals surface area contributed by atoms with Crippen LogP contribution in [0.25, 0.3) is 5.57 Å². The summed E-state index contributed by atoms with van der Waals surface area (Å²) in [7, 11) is 0. The molecule has 0 unspecified atom stereocenters. The zero-order valence-corrected chi connectivity index (χ0v) is 13.4. The van der Waals surface area contributed by atoms with Crippen molar-refractivity contribution in [2.24, 2.45) is 0 Å². The second-order valence-corrected chi connectivity index (χ2v) is 5.87. The van der Waals surface area contributed by atoms with Crippen LogP contribution in [0.2, 0.25) is 5.02 Å². The molecule has 1 heterocycles. The Balaban J connectivity index is 2.05. The van der Waals surface area contributed by atoms with E-state index in [2.05, 4.69) is 0 Å². The van der Waals surface area contributed by atoms with Crippen molar-refractivity contribution in [1.82, 2.24) is 4.90 Å². The Labute approximate surface area is 146 Å².